The monoisotopic (exact) mass is 341 g/mol. The molecule has 1 aromatic rings. The lowest BCUT2D eigenvalue weighted by Gasteiger charge is -2.23. The van der Waals surface area contributed by atoms with E-state index >= 15 is 0 Å². The van der Waals surface area contributed by atoms with Crippen molar-refractivity contribution in [2.75, 3.05) is 6.54 Å². The van der Waals surface area contributed by atoms with E-state index < -0.39 is 30.7 Å². The number of halogens is 3. The molecule has 0 aliphatic rings. The maximum Gasteiger partial charge on any atom is 0.389 e. The molecular weight excluding hydrogens is 319 g/mol. The summed E-state index contributed by atoms with van der Waals surface area (Å²) in [7, 11) is 0. The maximum absolute atomic E-state index is 12.1. The van der Waals surface area contributed by atoms with E-state index in [1.54, 1.807) is 5.38 Å². The van der Waals surface area contributed by atoms with Crippen molar-refractivity contribution in [2.45, 2.75) is 51.4 Å². The third-order valence-corrected chi connectivity index (χ3v) is 3.44. The normalized spacial score (nSPS) is 13.8. The number of aromatic nitrogens is 1. The van der Waals surface area contributed by atoms with Crippen molar-refractivity contribution >= 4 is 17.2 Å². The van der Waals surface area contributed by atoms with Gasteiger partial charge >= 0.3 is 6.18 Å². The molecule has 0 saturated heterocycles. The highest BCUT2D eigenvalue weighted by Gasteiger charge is 2.29. The second-order valence-corrected chi connectivity index (χ2v) is 5.13. The Morgan fingerprint density at radius 3 is 2.59 bits per heavy atom. The van der Waals surface area contributed by atoms with Crippen molar-refractivity contribution in [3.8, 4) is 0 Å². The van der Waals surface area contributed by atoms with Crippen molar-refractivity contribution in [1.29, 1.82) is 0 Å². The molecule has 0 aromatic carbocycles. The molecule has 0 radical (unpaired) electrons. The summed E-state index contributed by atoms with van der Waals surface area (Å²) in [5.41, 5.74) is 5.15. The fourth-order valence-corrected chi connectivity index (χ4v) is 2.34. The summed E-state index contributed by atoms with van der Waals surface area (Å²) in [5, 5.41) is 14.5. The fourth-order valence-electron chi connectivity index (χ4n) is 1.65. The Bertz CT molecular complexity index is 413. The van der Waals surface area contributed by atoms with Crippen LogP contribution < -0.4 is 11.1 Å². The van der Waals surface area contributed by atoms with Crippen molar-refractivity contribution < 1.29 is 23.1 Å². The van der Waals surface area contributed by atoms with Crippen molar-refractivity contribution in [2.24, 2.45) is 5.73 Å². The second-order valence-electron chi connectivity index (χ2n) is 4.20. The first-order valence-electron chi connectivity index (χ1n) is 6.97. The Labute approximate surface area is 131 Å². The molecule has 1 rings (SSSR count). The van der Waals surface area contributed by atoms with Crippen molar-refractivity contribution in [1.82, 2.24) is 10.3 Å². The smallest absolute Gasteiger partial charge is 0.384 e. The van der Waals surface area contributed by atoms with E-state index in [0.717, 1.165) is 0 Å². The van der Waals surface area contributed by atoms with Crippen molar-refractivity contribution in [3.05, 3.63) is 16.6 Å². The van der Waals surface area contributed by atoms with E-state index in [1.165, 1.54) is 17.5 Å². The van der Waals surface area contributed by atoms with Gasteiger partial charge in [0.15, 0.2) is 0 Å². The quantitative estimate of drug-likeness (QED) is 0.710. The first kappa shape index (κ1) is 20.8. The number of alkyl halides is 3. The number of amides is 1. The fraction of sp³-hybridized carbons (Fsp3) is 0.692. The largest absolute Gasteiger partial charge is 0.389 e. The highest BCUT2D eigenvalue weighted by atomic mass is 32.1. The highest BCUT2D eigenvalue weighted by molar-refractivity contribution is 7.09. The zero-order valence-electron chi connectivity index (χ0n) is 12.6. The minimum Gasteiger partial charge on any atom is -0.384 e. The Morgan fingerprint density at radius 1 is 1.50 bits per heavy atom. The third kappa shape index (κ3) is 8.30. The van der Waals surface area contributed by atoms with Crippen LogP contribution in [-0.4, -0.2) is 34.8 Å². The number of hydrogen-bond acceptors (Lipinski definition) is 5. The first-order chi connectivity index (χ1) is 10.3. The molecule has 5 nitrogen and oxygen atoms in total. The summed E-state index contributed by atoms with van der Waals surface area (Å²) in [4.78, 5) is 15.2. The number of rotatable bonds is 7. The summed E-state index contributed by atoms with van der Waals surface area (Å²) >= 11 is 1.17. The van der Waals surface area contributed by atoms with Crippen molar-refractivity contribution in [3.63, 3.8) is 0 Å². The van der Waals surface area contributed by atoms with Gasteiger partial charge in [-0.05, 0) is 12.8 Å². The van der Waals surface area contributed by atoms with Gasteiger partial charge in [-0.3, -0.25) is 4.79 Å². The molecule has 4 N–H and O–H groups in total. The third-order valence-electron chi connectivity index (χ3n) is 2.59. The van der Waals surface area contributed by atoms with E-state index in [9.17, 15) is 23.1 Å². The SMILES string of the molecule is CC.NCC(=O)NC(CCCC(F)(F)F)C(O)c1nccs1. The predicted molar refractivity (Wildman–Crippen MR) is 79.3 cm³/mol. The molecule has 0 spiro atoms. The average molecular weight is 341 g/mol. The van der Waals surface area contributed by atoms with Gasteiger partial charge in [-0.2, -0.15) is 13.2 Å². The number of nitrogens with two attached hydrogens (primary N) is 1. The van der Waals surface area contributed by atoms with Gasteiger partial charge in [0.1, 0.15) is 11.1 Å². The van der Waals surface area contributed by atoms with Gasteiger partial charge in [-0.25, -0.2) is 4.98 Å². The number of nitrogens with zero attached hydrogens (tertiary/aromatic N) is 1. The van der Waals surface area contributed by atoms with Crippen LogP contribution in [0.4, 0.5) is 13.2 Å². The number of thiazole rings is 1. The molecule has 128 valence electrons. The lowest BCUT2D eigenvalue weighted by atomic mass is 10.0. The van der Waals surface area contributed by atoms with Gasteiger partial charge in [0.05, 0.1) is 12.6 Å². The zero-order valence-corrected chi connectivity index (χ0v) is 13.4. The van der Waals surface area contributed by atoms with Crippen LogP contribution in [0.3, 0.4) is 0 Å². The molecular formula is C13H22F3N3O2S. The molecule has 22 heavy (non-hydrogen) atoms. The number of nitrogens with one attached hydrogen (secondary N) is 1. The zero-order chi connectivity index (χ0) is 17.2. The number of aliphatic hydroxyl groups is 1. The van der Waals surface area contributed by atoms with Crippen LogP contribution in [0.5, 0.6) is 0 Å². The topological polar surface area (TPSA) is 88.2 Å². The number of aliphatic hydroxyl groups excluding tert-OH is 1. The minimum atomic E-state index is -4.26. The maximum atomic E-state index is 12.1. The van der Waals surface area contributed by atoms with Gasteiger partial charge in [0.25, 0.3) is 0 Å². The van der Waals surface area contributed by atoms with Gasteiger partial charge in [0, 0.05) is 18.0 Å². The lowest BCUT2D eigenvalue weighted by molar-refractivity contribution is -0.136. The van der Waals surface area contributed by atoms with Crippen LogP contribution in [0.2, 0.25) is 0 Å². The molecule has 2 atom stereocenters. The summed E-state index contributed by atoms with van der Waals surface area (Å²) < 4.78 is 36.4. The first-order valence-corrected chi connectivity index (χ1v) is 7.85. The van der Waals surface area contributed by atoms with Crippen LogP contribution >= 0.6 is 11.3 Å². The van der Waals surface area contributed by atoms with Gasteiger partial charge in [-0.1, -0.05) is 13.8 Å². The van der Waals surface area contributed by atoms with Crippen LogP contribution in [0.1, 0.15) is 44.2 Å². The van der Waals surface area contributed by atoms with Crippen LogP contribution in [0.25, 0.3) is 0 Å². The molecule has 0 fully saturated rings. The van der Waals surface area contributed by atoms with E-state index in [0.29, 0.717) is 5.01 Å². The molecule has 0 saturated carbocycles. The lowest BCUT2D eigenvalue weighted by Crippen LogP contribution is -2.42. The standard InChI is InChI=1S/C11H16F3N3O2S.C2H6/c12-11(13,14)3-1-2-7(17-8(18)6-15)9(19)10-16-4-5-20-10;1-2/h4-5,7,9,19H,1-3,6,15H2,(H,17,18);1-2H3. The Hall–Kier alpha value is -1.19. The number of carbonyl (C=O) groups excluding carboxylic acids is 1. The summed E-state index contributed by atoms with van der Waals surface area (Å²) in [6, 6.07) is -0.834. The number of carbonyl (C=O) groups is 1. The van der Waals surface area contributed by atoms with Gasteiger partial charge < -0.3 is 16.2 Å². The van der Waals surface area contributed by atoms with Crippen LogP contribution in [0.15, 0.2) is 11.6 Å². The molecule has 9 heteroatoms. The molecule has 0 bridgehead atoms. The van der Waals surface area contributed by atoms with E-state index in [1.807, 2.05) is 13.8 Å². The Balaban J connectivity index is 0.00000211. The summed E-state index contributed by atoms with van der Waals surface area (Å²) in [6.07, 6.45) is -5.09. The Morgan fingerprint density at radius 2 is 2.14 bits per heavy atom. The molecule has 1 heterocycles. The van der Waals surface area contributed by atoms with E-state index in [4.69, 9.17) is 5.73 Å². The van der Waals surface area contributed by atoms with Gasteiger partial charge in [0.2, 0.25) is 5.91 Å². The highest BCUT2D eigenvalue weighted by Crippen LogP contribution is 2.26. The minimum absolute atomic E-state index is 0.00794. The average Bonchev–Trinajstić information content (AvgIpc) is 3.00. The molecule has 1 amide bonds. The molecule has 0 aliphatic carbocycles. The van der Waals surface area contributed by atoms with E-state index in [2.05, 4.69) is 10.3 Å². The summed E-state index contributed by atoms with van der Waals surface area (Å²) in [6.45, 7) is 3.71. The molecule has 1 aromatic heterocycles. The molecule has 0 aliphatic heterocycles. The summed E-state index contributed by atoms with van der Waals surface area (Å²) in [5.74, 6) is -0.530. The Kier molecular flexibility index (Phi) is 9.95. The second kappa shape index (κ2) is 10.5. The predicted octanol–water partition coefficient (Wildman–Crippen LogP) is 2.38. The number of hydrogen-bond donors (Lipinski definition) is 3. The van der Waals surface area contributed by atoms with Gasteiger partial charge in [-0.15, -0.1) is 11.3 Å². The molecule has 2 unspecified atom stereocenters. The van der Waals surface area contributed by atoms with E-state index in [-0.39, 0.29) is 19.4 Å². The van der Waals surface area contributed by atoms with Crippen LogP contribution in [-0.2, 0) is 4.79 Å². The van der Waals surface area contributed by atoms with Crippen LogP contribution in [0, 0.1) is 0 Å².